The zero-order chi connectivity index (χ0) is 19.9. The number of rotatable bonds is 3. The van der Waals surface area contributed by atoms with Crippen molar-refractivity contribution in [3.05, 3.63) is 41.1 Å². The fourth-order valence-electron chi connectivity index (χ4n) is 2.44. The number of aliphatic hydroxyl groups is 1. The molecule has 2 rings (SSSR count). The Morgan fingerprint density at radius 3 is 2.15 bits per heavy atom. The summed E-state index contributed by atoms with van der Waals surface area (Å²) in [5.41, 5.74) is -4.29. The van der Waals surface area contributed by atoms with Gasteiger partial charge in [-0.2, -0.15) is 26.3 Å². The third-order valence-electron chi connectivity index (χ3n) is 3.65. The van der Waals surface area contributed by atoms with Crippen molar-refractivity contribution in [2.45, 2.75) is 44.8 Å². The highest BCUT2D eigenvalue weighted by molar-refractivity contribution is 5.86. The van der Waals surface area contributed by atoms with Crippen LogP contribution in [-0.2, 0) is 12.4 Å². The quantitative estimate of drug-likeness (QED) is 0.759. The first-order valence-electron chi connectivity index (χ1n) is 7.71. The number of benzene rings is 1. The Morgan fingerprint density at radius 2 is 1.65 bits per heavy atom. The molecule has 0 amide bonds. The average molecular weight is 380 g/mol. The van der Waals surface area contributed by atoms with E-state index >= 15 is 0 Å². The number of β-amino-alcohol motifs (C(OH)–C–C–N with tert-alkyl or cyclic N) is 1. The van der Waals surface area contributed by atoms with Gasteiger partial charge in [0.1, 0.15) is 5.69 Å². The van der Waals surface area contributed by atoms with Crippen molar-refractivity contribution in [1.29, 1.82) is 0 Å². The van der Waals surface area contributed by atoms with Gasteiger partial charge >= 0.3 is 12.4 Å². The number of hydrogen-bond donors (Lipinski definition) is 2. The van der Waals surface area contributed by atoms with E-state index in [1.165, 1.54) is 6.07 Å². The zero-order valence-electron chi connectivity index (χ0n) is 14.3. The smallest absolute Gasteiger partial charge is 0.387 e. The van der Waals surface area contributed by atoms with Crippen LogP contribution >= 0.6 is 0 Å². The van der Waals surface area contributed by atoms with Crippen LogP contribution in [0.25, 0.3) is 10.9 Å². The minimum Gasteiger partial charge on any atom is -0.387 e. The van der Waals surface area contributed by atoms with Gasteiger partial charge in [0, 0.05) is 17.5 Å². The fraction of sp³-hybridized carbons (Fsp3) is 0.471. The van der Waals surface area contributed by atoms with Crippen LogP contribution in [0.2, 0.25) is 0 Å². The lowest BCUT2D eigenvalue weighted by molar-refractivity contribution is -0.142. The van der Waals surface area contributed by atoms with E-state index in [0.29, 0.717) is 12.1 Å². The molecule has 0 fully saturated rings. The Labute approximate surface area is 146 Å². The fourth-order valence-corrected chi connectivity index (χ4v) is 2.44. The third-order valence-corrected chi connectivity index (χ3v) is 3.65. The van der Waals surface area contributed by atoms with Crippen LogP contribution in [0.5, 0.6) is 0 Å². The molecule has 2 N–H and O–H groups in total. The molecule has 1 aromatic carbocycles. The molecule has 0 unspecified atom stereocenters. The predicted octanol–water partition coefficient (Wildman–Crippen LogP) is 4.69. The summed E-state index contributed by atoms with van der Waals surface area (Å²) in [6.45, 7) is 5.23. The summed E-state index contributed by atoms with van der Waals surface area (Å²) < 4.78 is 78.9. The molecule has 26 heavy (non-hydrogen) atoms. The highest BCUT2D eigenvalue weighted by atomic mass is 19.4. The van der Waals surface area contributed by atoms with Gasteiger partial charge in [-0.1, -0.05) is 12.1 Å². The minimum absolute atomic E-state index is 0.129. The molecule has 1 atom stereocenters. The number of aromatic nitrogens is 1. The maximum absolute atomic E-state index is 13.2. The highest BCUT2D eigenvalue weighted by Gasteiger charge is 2.38. The molecule has 144 valence electrons. The summed E-state index contributed by atoms with van der Waals surface area (Å²) >= 11 is 0. The van der Waals surface area contributed by atoms with Gasteiger partial charge < -0.3 is 10.4 Å². The number of nitrogens with one attached hydrogen (secondary N) is 1. The number of pyridine rings is 1. The van der Waals surface area contributed by atoms with Crippen molar-refractivity contribution in [2.24, 2.45) is 0 Å². The Kier molecular flexibility index (Phi) is 5.26. The maximum Gasteiger partial charge on any atom is 0.433 e. The average Bonchev–Trinajstić information content (AvgIpc) is 2.48. The second kappa shape index (κ2) is 6.70. The summed E-state index contributed by atoms with van der Waals surface area (Å²) in [4.78, 5) is 3.19. The zero-order valence-corrected chi connectivity index (χ0v) is 14.3. The van der Waals surface area contributed by atoms with E-state index in [1.54, 1.807) is 20.8 Å². The summed E-state index contributed by atoms with van der Waals surface area (Å²) in [5, 5.41) is 13.1. The molecule has 0 saturated heterocycles. The molecule has 1 aromatic heterocycles. The molecule has 0 radical (unpaired) electrons. The topological polar surface area (TPSA) is 45.1 Å². The first kappa shape index (κ1) is 20.4. The molecule has 0 bridgehead atoms. The van der Waals surface area contributed by atoms with Crippen molar-refractivity contribution in [2.75, 3.05) is 6.54 Å². The van der Waals surface area contributed by atoms with Gasteiger partial charge in [0.05, 0.1) is 17.2 Å². The van der Waals surface area contributed by atoms with Crippen LogP contribution in [-0.4, -0.2) is 22.2 Å². The van der Waals surface area contributed by atoms with E-state index in [4.69, 9.17) is 0 Å². The SMILES string of the molecule is CC(C)(C)NC[C@H](O)c1cc(C(F)(F)F)nc2c(C(F)(F)F)cccc12. The van der Waals surface area contributed by atoms with E-state index in [9.17, 15) is 31.4 Å². The van der Waals surface area contributed by atoms with E-state index in [2.05, 4.69) is 10.3 Å². The summed E-state index contributed by atoms with van der Waals surface area (Å²) in [7, 11) is 0. The van der Waals surface area contributed by atoms with Crippen molar-refractivity contribution >= 4 is 10.9 Å². The lowest BCUT2D eigenvalue weighted by Crippen LogP contribution is -2.38. The van der Waals surface area contributed by atoms with Gasteiger partial charge in [-0.25, -0.2) is 4.98 Å². The third kappa shape index (κ3) is 4.64. The summed E-state index contributed by atoms with van der Waals surface area (Å²) in [6.07, 6.45) is -11.3. The van der Waals surface area contributed by atoms with Gasteiger partial charge in [-0.3, -0.25) is 0 Å². The van der Waals surface area contributed by atoms with Gasteiger partial charge in [-0.05, 0) is 38.5 Å². The number of aliphatic hydroxyl groups excluding tert-OH is 1. The van der Waals surface area contributed by atoms with Gasteiger partial charge in [0.15, 0.2) is 0 Å². The first-order valence-corrected chi connectivity index (χ1v) is 7.71. The molecule has 0 spiro atoms. The number of fused-ring (bicyclic) bond motifs is 1. The minimum atomic E-state index is -4.95. The Balaban J connectivity index is 2.68. The molecule has 9 heteroatoms. The summed E-state index contributed by atoms with van der Waals surface area (Å²) in [6, 6.07) is 3.55. The summed E-state index contributed by atoms with van der Waals surface area (Å²) in [5.74, 6) is 0. The normalized spacial score (nSPS) is 14.7. The van der Waals surface area contributed by atoms with Crippen LogP contribution in [0.1, 0.15) is 43.7 Å². The van der Waals surface area contributed by atoms with Crippen LogP contribution in [0.3, 0.4) is 0 Å². The Bertz CT molecular complexity index is 793. The number of nitrogens with zero attached hydrogens (tertiary/aromatic N) is 1. The number of alkyl halides is 6. The molecule has 3 nitrogen and oxygen atoms in total. The molecular formula is C17H18F6N2O. The number of hydrogen-bond acceptors (Lipinski definition) is 3. The van der Waals surface area contributed by atoms with Crippen molar-refractivity contribution in [3.63, 3.8) is 0 Å². The van der Waals surface area contributed by atoms with Crippen LogP contribution < -0.4 is 5.32 Å². The van der Waals surface area contributed by atoms with Gasteiger partial charge in [0.25, 0.3) is 0 Å². The molecule has 1 heterocycles. The van der Waals surface area contributed by atoms with E-state index in [-0.39, 0.29) is 17.5 Å². The standard InChI is InChI=1S/C17H18F6N2O/c1-15(2,3)24-8-12(26)10-7-13(17(21,22)23)25-14-9(10)5-4-6-11(14)16(18,19)20/h4-7,12,24,26H,8H2,1-3H3/t12-/m0/s1. The van der Waals surface area contributed by atoms with E-state index < -0.39 is 40.8 Å². The lowest BCUT2D eigenvalue weighted by atomic mass is 9.98. The van der Waals surface area contributed by atoms with Crippen LogP contribution in [0.15, 0.2) is 24.3 Å². The Morgan fingerprint density at radius 1 is 1.04 bits per heavy atom. The monoisotopic (exact) mass is 380 g/mol. The van der Waals surface area contributed by atoms with E-state index in [1.807, 2.05) is 0 Å². The van der Waals surface area contributed by atoms with Gasteiger partial charge in [-0.15, -0.1) is 0 Å². The molecular weight excluding hydrogens is 362 g/mol. The largest absolute Gasteiger partial charge is 0.433 e. The maximum atomic E-state index is 13.2. The molecule has 0 aliphatic rings. The lowest BCUT2D eigenvalue weighted by Gasteiger charge is -2.24. The molecule has 0 aliphatic heterocycles. The van der Waals surface area contributed by atoms with Crippen molar-refractivity contribution < 1.29 is 31.4 Å². The Hall–Kier alpha value is -1.87. The first-order chi connectivity index (χ1) is 11.7. The number of para-hydroxylation sites is 1. The van der Waals surface area contributed by atoms with E-state index in [0.717, 1.165) is 6.07 Å². The van der Waals surface area contributed by atoms with Crippen molar-refractivity contribution in [3.8, 4) is 0 Å². The van der Waals surface area contributed by atoms with Crippen LogP contribution in [0.4, 0.5) is 26.3 Å². The predicted molar refractivity (Wildman–Crippen MR) is 84.5 cm³/mol. The molecule has 0 aliphatic carbocycles. The molecule has 2 aromatic rings. The number of halogens is 6. The van der Waals surface area contributed by atoms with Crippen molar-refractivity contribution in [1.82, 2.24) is 10.3 Å². The van der Waals surface area contributed by atoms with Crippen LogP contribution in [0, 0.1) is 0 Å². The second-order valence-corrected chi connectivity index (χ2v) is 6.94. The second-order valence-electron chi connectivity index (χ2n) is 6.94. The highest BCUT2D eigenvalue weighted by Crippen LogP contribution is 2.38. The van der Waals surface area contributed by atoms with Gasteiger partial charge in [0.2, 0.25) is 0 Å². The molecule has 0 saturated carbocycles.